The number of aromatic amines is 1. The average Bonchev–Trinajstić information content (AvgIpc) is 2.70. The van der Waals surface area contributed by atoms with Gasteiger partial charge in [-0.3, -0.25) is 9.97 Å². The number of benzene rings is 1. The number of nitrogen functional groups attached to an aromatic ring is 1. The molecular formula is C12H9N3O2S. The highest BCUT2D eigenvalue weighted by Gasteiger charge is 2.08. The Morgan fingerprint density at radius 2 is 2.06 bits per heavy atom. The second-order valence-corrected chi connectivity index (χ2v) is 4.80. The van der Waals surface area contributed by atoms with Crippen molar-refractivity contribution >= 4 is 28.5 Å². The molecule has 0 atom stereocenters. The maximum atomic E-state index is 11.1. The lowest BCUT2D eigenvalue weighted by Gasteiger charge is -2.04. The molecular weight excluding hydrogens is 250 g/mol. The first-order chi connectivity index (χ1) is 8.72. The van der Waals surface area contributed by atoms with Crippen molar-refractivity contribution in [2.45, 2.75) is 9.79 Å². The number of rotatable bonds is 2. The maximum absolute atomic E-state index is 11.1. The molecule has 3 N–H and O–H groups in total. The number of nitrogens with two attached hydrogens (primary N) is 1. The average molecular weight is 259 g/mol. The molecule has 0 radical (unpaired) electrons. The van der Waals surface area contributed by atoms with E-state index in [1.165, 1.54) is 11.8 Å². The van der Waals surface area contributed by atoms with Crippen LogP contribution in [0.5, 0.6) is 0 Å². The summed E-state index contributed by atoms with van der Waals surface area (Å²) in [5.41, 5.74) is 7.62. The Hall–Kier alpha value is -2.21. The summed E-state index contributed by atoms with van der Waals surface area (Å²) < 4.78 is 4.94. The first kappa shape index (κ1) is 10.9. The highest BCUT2D eigenvalue weighted by molar-refractivity contribution is 7.99. The van der Waals surface area contributed by atoms with Gasteiger partial charge in [0.25, 0.3) is 0 Å². The second-order valence-electron chi connectivity index (χ2n) is 3.69. The number of nitrogens with zero attached hydrogens (tertiary/aromatic N) is 1. The molecule has 0 bridgehead atoms. The Morgan fingerprint density at radius 3 is 2.83 bits per heavy atom. The van der Waals surface area contributed by atoms with Gasteiger partial charge in [-0.25, -0.2) is 4.79 Å². The second kappa shape index (κ2) is 4.23. The van der Waals surface area contributed by atoms with Crippen molar-refractivity contribution in [1.29, 1.82) is 0 Å². The summed E-state index contributed by atoms with van der Waals surface area (Å²) in [6, 6.07) is 7.25. The molecule has 3 aromatic rings. The summed E-state index contributed by atoms with van der Waals surface area (Å²) in [4.78, 5) is 19.6. The zero-order chi connectivity index (χ0) is 12.5. The number of fused-ring (bicyclic) bond motifs is 1. The van der Waals surface area contributed by atoms with Crippen LogP contribution in [0, 0.1) is 0 Å². The zero-order valence-corrected chi connectivity index (χ0v) is 10.0. The Morgan fingerprint density at radius 1 is 1.28 bits per heavy atom. The highest BCUT2D eigenvalue weighted by atomic mass is 32.2. The summed E-state index contributed by atoms with van der Waals surface area (Å²) in [5.74, 6) is -0.476. The van der Waals surface area contributed by atoms with Gasteiger partial charge in [0.15, 0.2) is 5.58 Å². The maximum Gasteiger partial charge on any atom is 0.417 e. The zero-order valence-electron chi connectivity index (χ0n) is 9.21. The molecule has 0 aliphatic heterocycles. The molecule has 0 aliphatic carbocycles. The van der Waals surface area contributed by atoms with Crippen molar-refractivity contribution in [1.82, 2.24) is 9.97 Å². The molecule has 2 heterocycles. The van der Waals surface area contributed by atoms with E-state index in [9.17, 15) is 4.79 Å². The number of oxazole rings is 1. The molecule has 0 fully saturated rings. The topological polar surface area (TPSA) is 84.9 Å². The first-order valence-electron chi connectivity index (χ1n) is 5.22. The van der Waals surface area contributed by atoms with E-state index in [0.29, 0.717) is 16.8 Å². The number of nitrogens with one attached hydrogen (secondary N) is 1. The van der Waals surface area contributed by atoms with Crippen LogP contribution >= 0.6 is 11.8 Å². The SMILES string of the molecule is Nc1cc2oc(=O)[nH]c2cc1Sc1ccncc1. The van der Waals surface area contributed by atoms with Crippen LogP contribution in [0.25, 0.3) is 11.1 Å². The minimum absolute atomic E-state index is 0.469. The fourth-order valence-corrected chi connectivity index (χ4v) is 2.48. The van der Waals surface area contributed by atoms with Gasteiger partial charge >= 0.3 is 5.76 Å². The van der Waals surface area contributed by atoms with E-state index < -0.39 is 5.76 Å². The molecule has 0 spiro atoms. The van der Waals surface area contributed by atoms with Crippen molar-refractivity contribution in [3.63, 3.8) is 0 Å². The van der Waals surface area contributed by atoms with Crippen LogP contribution in [0.2, 0.25) is 0 Å². The Bertz CT molecular complexity index is 749. The van der Waals surface area contributed by atoms with Crippen molar-refractivity contribution in [3.8, 4) is 0 Å². The number of anilines is 1. The molecule has 0 saturated heterocycles. The Balaban J connectivity index is 2.06. The first-order valence-corrected chi connectivity index (χ1v) is 6.04. The molecule has 0 saturated carbocycles. The van der Waals surface area contributed by atoms with Gasteiger partial charge in [-0.2, -0.15) is 0 Å². The van der Waals surface area contributed by atoms with Crippen LogP contribution in [-0.2, 0) is 0 Å². The van der Waals surface area contributed by atoms with Gasteiger partial charge < -0.3 is 10.2 Å². The summed E-state index contributed by atoms with van der Waals surface area (Å²) in [5, 5.41) is 0. The normalized spacial score (nSPS) is 10.9. The van der Waals surface area contributed by atoms with E-state index in [1.807, 2.05) is 12.1 Å². The van der Waals surface area contributed by atoms with E-state index in [-0.39, 0.29) is 0 Å². The molecule has 2 aromatic heterocycles. The van der Waals surface area contributed by atoms with E-state index >= 15 is 0 Å². The predicted molar refractivity (Wildman–Crippen MR) is 69.6 cm³/mol. The van der Waals surface area contributed by atoms with E-state index in [0.717, 1.165) is 9.79 Å². The molecule has 0 aliphatic rings. The smallest absolute Gasteiger partial charge is 0.408 e. The molecule has 0 amide bonds. The number of aromatic nitrogens is 2. The van der Waals surface area contributed by atoms with Crippen LogP contribution in [0.1, 0.15) is 0 Å². The molecule has 6 heteroatoms. The van der Waals surface area contributed by atoms with Gasteiger partial charge in [0.2, 0.25) is 0 Å². The summed E-state index contributed by atoms with van der Waals surface area (Å²) in [6.45, 7) is 0. The Kier molecular flexibility index (Phi) is 2.56. The third-order valence-electron chi connectivity index (χ3n) is 2.43. The highest BCUT2D eigenvalue weighted by Crippen LogP contribution is 2.33. The van der Waals surface area contributed by atoms with Crippen molar-refractivity contribution < 1.29 is 4.42 Å². The summed E-state index contributed by atoms with van der Waals surface area (Å²) >= 11 is 1.51. The van der Waals surface area contributed by atoms with Gasteiger partial charge in [0.05, 0.1) is 5.52 Å². The van der Waals surface area contributed by atoms with Crippen LogP contribution < -0.4 is 11.5 Å². The van der Waals surface area contributed by atoms with E-state index in [2.05, 4.69) is 9.97 Å². The third kappa shape index (κ3) is 1.98. The molecule has 18 heavy (non-hydrogen) atoms. The fraction of sp³-hybridized carbons (Fsp3) is 0. The van der Waals surface area contributed by atoms with Gasteiger partial charge in [0.1, 0.15) is 0 Å². The quantitative estimate of drug-likeness (QED) is 0.689. The Labute approximate surface area is 106 Å². The van der Waals surface area contributed by atoms with E-state index in [4.69, 9.17) is 10.2 Å². The van der Waals surface area contributed by atoms with E-state index in [1.54, 1.807) is 24.5 Å². The van der Waals surface area contributed by atoms with Crippen LogP contribution in [0.15, 0.2) is 55.7 Å². The van der Waals surface area contributed by atoms with Gasteiger partial charge in [-0.15, -0.1) is 0 Å². The van der Waals surface area contributed by atoms with Crippen LogP contribution in [-0.4, -0.2) is 9.97 Å². The summed E-state index contributed by atoms with van der Waals surface area (Å²) in [6.07, 6.45) is 3.44. The lowest BCUT2D eigenvalue weighted by Crippen LogP contribution is -1.93. The van der Waals surface area contributed by atoms with Gasteiger partial charge in [-0.1, -0.05) is 11.8 Å². The van der Waals surface area contributed by atoms with Crippen LogP contribution in [0.4, 0.5) is 5.69 Å². The molecule has 0 unspecified atom stereocenters. The number of H-pyrrole nitrogens is 1. The lowest BCUT2D eigenvalue weighted by molar-refractivity contribution is 0.555. The fourth-order valence-electron chi connectivity index (χ4n) is 1.61. The largest absolute Gasteiger partial charge is 0.417 e. The van der Waals surface area contributed by atoms with Crippen molar-refractivity contribution in [3.05, 3.63) is 47.2 Å². The minimum atomic E-state index is -0.476. The molecule has 90 valence electrons. The van der Waals surface area contributed by atoms with Gasteiger partial charge in [0, 0.05) is 33.9 Å². The van der Waals surface area contributed by atoms with Crippen molar-refractivity contribution in [2.75, 3.05) is 5.73 Å². The lowest BCUT2D eigenvalue weighted by atomic mass is 10.3. The van der Waals surface area contributed by atoms with Crippen molar-refractivity contribution in [2.24, 2.45) is 0 Å². The van der Waals surface area contributed by atoms with Crippen LogP contribution in [0.3, 0.4) is 0 Å². The number of hydrogen-bond acceptors (Lipinski definition) is 5. The number of pyridine rings is 1. The minimum Gasteiger partial charge on any atom is -0.408 e. The monoisotopic (exact) mass is 259 g/mol. The molecule has 5 nitrogen and oxygen atoms in total. The number of hydrogen-bond donors (Lipinski definition) is 2. The predicted octanol–water partition coefficient (Wildman–Crippen LogP) is 2.25. The summed E-state index contributed by atoms with van der Waals surface area (Å²) in [7, 11) is 0. The van der Waals surface area contributed by atoms with Gasteiger partial charge in [-0.05, 0) is 18.2 Å². The molecule has 1 aromatic carbocycles. The third-order valence-corrected chi connectivity index (χ3v) is 3.51. The molecule has 3 rings (SSSR count). The standard InChI is InChI=1S/C12H9N3O2S/c13-8-5-10-9(15-12(16)17-10)6-11(8)18-7-1-3-14-4-2-7/h1-6H,13H2,(H,15,16).